The largest absolute Gasteiger partial charge is 0.376 e. The predicted octanol–water partition coefficient (Wildman–Crippen LogP) is -0.165. The summed E-state index contributed by atoms with van der Waals surface area (Å²) in [6, 6.07) is 1.71. The minimum atomic E-state index is -0.198. The quantitative estimate of drug-likeness (QED) is 0.715. The third-order valence-corrected chi connectivity index (χ3v) is 2.32. The Balaban J connectivity index is 2.03. The Labute approximate surface area is 82.8 Å². The topological polar surface area (TPSA) is 62.3 Å². The highest BCUT2D eigenvalue weighted by Gasteiger charge is 2.24. The Morgan fingerprint density at radius 2 is 2.50 bits per heavy atom. The Kier molecular flexibility index (Phi) is 2.81. The van der Waals surface area contributed by atoms with Gasteiger partial charge in [0.2, 0.25) is 0 Å². The monoisotopic (exact) mass is 197 g/mol. The van der Waals surface area contributed by atoms with Crippen LogP contribution in [0, 0.1) is 0 Å². The van der Waals surface area contributed by atoms with Crippen LogP contribution in [-0.4, -0.2) is 35.7 Å². The van der Waals surface area contributed by atoms with Crippen molar-refractivity contribution in [3.63, 3.8) is 0 Å². The van der Waals surface area contributed by atoms with Crippen LogP contribution in [0.2, 0.25) is 0 Å². The van der Waals surface area contributed by atoms with Crippen LogP contribution < -0.4 is 5.73 Å². The zero-order valence-electron chi connectivity index (χ0n) is 8.22. The number of rotatable bonds is 2. The van der Waals surface area contributed by atoms with Crippen LogP contribution >= 0.6 is 0 Å². The maximum Gasteiger partial charge on any atom is 0.102 e. The molecule has 2 N–H and O–H groups in total. The molecule has 1 saturated heterocycles. The van der Waals surface area contributed by atoms with Crippen molar-refractivity contribution in [1.29, 1.82) is 0 Å². The Morgan fingerprint density at radius 1 is 1.64 bits per heavy atom. The summed E-state index contributed by atoms with van der Waals surface area (Å²) in [5, 5.41) is 4.24. The van der Waals surface area contributed by atoms with E-state index in [2.05, 4.69) is 5.10 Å². The highest BCUT2D eigenvalue weighted by molar-refractivity contribution is 5.07. The maximum absolute atomic E-state index is 6.00. The van der Waals surface area contributed by atoms with Gasteiger partial charge in [-0.25, -0.2) is 0 Å². The molecule has 0 aliphatic carbocycles. The van der Waals surface area contributed by atoms with Crippen molar-refractivity contribution >= 4 is 0 Å². The van der Waals surface area contributed by atoms with Gasteiger partial charge >= 0.3 is 0 Å². The van der Waals surface area contributed by atoms with Crippen molar-refractivity contribution in [1.82, 2.24) is 9.78 Å². The second-order valence-corrected chi connectivity index (χ2v) is 3.42. The molecule has 0 radical (unpaired) electrons. The van der Waals surface area contributed by atoms with E-state index in [1.54, 1.807) is 4.68 Å². The lowest BCUT2D eigenvalue weighted by molar-refractivity contribution is -0.0980. The molecule has 1 aliphatic rings. The Bertz CT molecular complexity index is 294. The highest BCUT2D eigenvalue weighted by atomic mass is 16.6. The number of aryl methyl sites for hydroxylation is 1. The molecule has 1 aliphatic heterocycles. The zero-order valence-corrected chi connectivity index (χ0v) is 8.22. The molecular weight excluding hydrogens is 182 g/mol. The van der Waals surface area contributed by atoms with Gasteiger partial charge in [0.05, 0.1) is 31.6 Å². The number of hydrogen-bond donors (Lipinski definition) is 1. The van der Waals surface area contributed by atoms with E-state index in [0.717, 1.165) is 5.69 Å². The first-order chi connectivity index (χ1) is 6.77. The second kappa shape index (κ2) is 4.08. The molecule has 0 saturated carbocycles. The van der Waals surface area contributed by atoms with Crippen LogP contribution in [0.5, 0.6) is 0 Å². The van der Waals surface area contributed by atoms with Gasteiger partial charge in [0, 0.05) is 13.2 Å². The molecule has 5 heteroatoms. The van der Waals surface area contributed by atoms with Gasteiger partial charge in [0.15, 0.2) is 0 Å². The van der Waals surface area contributed by atoms with Crippen LogP contribution in [0.4, 0.5) is 0 Å². The summed E-state index contributed by atoms with van der Waals surface area (Å²) in [6.07, 6.45) is 1.80. The molecule has 1 aromatic heterocycles. The van der Waals surface area contributed by atoms with Gasteiger partial charge in [0.25, 0.3) is 0 Å². The fourth-order valence-electron chi connectivity index (χ4n) is 1.51. The first-order valence-corrected chi connectivity index (χ1v) is 4.72. The lowest BCUT2D eigenvalue weighted by Gasteiger charge is -2.26. The third-order valence-electron chi connectivity index (χ3n) is 2.32. The summed E-state index contributed by atoms with van der Waals surface area (Å²) in [6.45, 7) is 1.83. The van der Waals surface area contributed by atoms with Gasteiger partial charge in [-0.05, 0) is 6.07 Å². The molecule has 14 heavy (non-hydrogen) atoms. The number of nitrogens with zero attached hydrogens (tertiary/aromatic N) is 2. The lowest BCUT2D eigenvalue weighted by Crippen LogP contribution is -2.38. The van der Waals surface area contributed by atoms with E-state index in [9.17, 15) is 0 Å². The normalized spacial score (nSPS) is 24.9. The molecule has 1 fully saturated rings. The number of aromatic nitrogens is 2. The van der Waals surface area contributed by atoms with Gasteiger partial charge in [-0.15, -0.1) is 0 Å². The summed E-state index contributed by atoms with van der Waals surface area (Å²) < 4.78 is 12.5. The molecule has 2 atom stereocenters. The van der Waals surface area contributed by atoms with Crippen molar-refractivity contribution < 1.29 is 9.47 Å². The highest BCUT2D eigenvalue weighted by Crippen LogP contribution is 2.16. The first kappa shape index (κ1) is 9.64. The summed E-state index contributed by atoms with van der Waals surface area (Å²) >= 11 is 0. The minimum absolute atomic E-state index is 0.0707. The van der Waals surface area contributed by atoms with Crippen LogP contribution in [0.25, 0.3) is 0 Å². The van der Waals surface area contributed by atoms with E-state index in [0.29, 0.717) is 19.8 Å². The van der Waals surface area contributed by atoms with Crippen molar-refractivity contribution in [2.45, 2.75) is 12.1 Å². The van der Waals surface area contributed by atoms with Gasteiger partial charge in [-0.3, -0.25) is 4.68 Å². The van der Waals surface area contributed by atoms with Crippen LogP contribution in [-0.2, 0) is 16.5 Å². The summed E-state index contributed by atoms with van der Waals surface area (Å²) in [5.41, 5.74) is 6.85. The first-order valence-electron chi connectivity index (χ1n) is 4.72. The SMILES string of the molecule is Cn1ccc(C(N)C2COCCO2)n1. The van der Waals surface area contributed by atoms with Gasteiger partial charge in [-0.1, -0.05) is 0 Å². The second-order valence-electron chi connectivity index (χ2n) is 3.42. The van der Waals surface area contributed by atoms with E-state index in [1.807, 2.05) is 19.3 Å². The van der Waals surface area contributed by atoms with Gasteiger partial charge in [0.1, 0.15) is 6.10 Å². The van der Waals surface area contributed by atoms with E-state index in [-0.39, 0.29) is 12.1 Å². The molecule has 1 aromatic rings. The van der Waals surface area contributed by atoms with Crippen molar-refractivity contribution in [3.8, 4) is 0 Å². The number of ether oxygens (including phenoxy) is 2. The van der Waals surface area contributed by atoms with Crippen LogP contribution in [0.3, 0.4) is 0 Å². The average molecular weight is 197 g/mol. The summed E-state index contributed by atoms with van der Waals surface area (Å²) in [4.78, 5) is 0. The van der Waals surface area contributed by atoms with E-state index >= 15 is 0 Å². The molecule has 2 heterocycles. The van der Waals surface area contributed by atoms with Gasteiger partial charge in [-0.2, -0.15) is 5.10 Å². The van der Waals surface area contributed by atoms with Crippen molar-refractivity contribution in [2.75, 3.05) is 19.8 Å². The number of hydrogen-bond acceptors (Lipinski definition) is 4. The Hall–Kier alpha value is -0.910. The fourth-order valence-corrected chi connectivity index (χ4v) is 1.51. The molecule has 0 amide bonds. The third kappa shape index (κ3) is 1.95. The molecule has 78 valence electrons. The number of nitrogens with two attached hydrogens (primary N) is 1. The van der Waals surface area contributed by atoms with Crippen molar-refractivity contribution in [2.24, 2.45) is 12.8 Å². The molecule has 0 spiro atoms. The predicted molar refractivity (Wildman–Crippen MR) is 50.7 cm³/mol. The van der Waals surface area contributed by atoms with Crippen LogP contribution in [0.15, 0.2) is 12.3 Å². The molecule has 0 bridgehead atoms. The average Bonchev–Trinajstić information content (AvgIpc) is 2.65. The molecular formula is C9H15N3O2. The van der Waals surface area contributed by atoms with Gasteiger partial charge < -0.3 is 15.2 Å². The lowest BCUT2D eigenvalue weighted by atomic mass is 10.1. The molecule has 2 rings (SSSR count). The van der Waals surface area contributed by atoms with E-state index in [4.69, 9.17) is 15.2 Å². The zero-order chi connectivity index (χ0) is 9.97. The van der Waals surface area contributed by atoms with E-state index < -0.39 is 0 Å². The van der Waals surface area contributed by atoms with Crippen molar-refractivity contribution in [3.05, 3.63) is 18.0 Å². The standard InChI is InChI=1S/C9H15N3O2/c1-12-3-2-7(11-12)9(10)8-6-13-4-5-14-8/h2-3,8-9H,4-6,10H2,1H3. The van der Waals surface area contributed by atoms with Crippen LogP contribution in [0.1, 0.15) is 11.7 Å². The maximum atomic E-state index is 6.00. The smallest absolute Gasteiger partial charge is 0.102 e. The molecule has 2 unspecified atom stereocenters. The summed E-state index contributed by atoms with van der Waals surface area (Å²) in [7, 11) is 1.87. The van der Waals surface area contributed by atoms with E-state index in [1.165, 1.54) is 0 Å². The fraction of sp³-hybridized carbons (Fsp3) is 0.667. The minimum Gasteiger partial charge on any atom is -0.376 e. The molecule has 5 nitrogen and oxygen atoms in total. The molecule has 0 aromatic carbocycles. The Morgan fingerprint density at radius 3 is 3.07 bits per heavy atom. The summed E-state index contributed by atoms with van der Waals surface area (Å²) in [5.74, 6) is 0.